The molecule has 0 spiro atoms. The number of piperidine rings is 1. The highest BCUT2D eigenvalue weighted by Gasteiger charge is 2.51. The van der Waals surface area contributed by atoms with Gasteiger partial charge in [-0.2, -0.15) is 0 Å². The van der Waals surface area contributed by atoms with Crippen LogP contribution in [0.2, 0.25) is 0 Å². The van der Waals surface area contributed by atoms with Crippen LogP contribution in [-0.2, 0) is 14.3 Å². The van der Waals surface area contributed by atoms with Crippen molar-refractivity contribution in [3.05, 3.63) is 0 Å². The minimum Gasteiger partial charge on any atom is -0.466 e. The molecule has 0 aromatic heterocycles. The Hall–Kier alpha value is -1.63. The third kappa shape index (κ3) is 4.44. The summed E-state index contributed by atoms with van der Waals surface area (Å²) in [6.45, 7) is 5.45. The lowest BCUT2D eigenvalue weighted by Crippen LogP contribution is -3.18. The zero-order valence-electron chi connectivity index (χ0n) is 17.8. The SMILES string of the molecule is CCOC(=O)[C@H]1CCC[NH+]([C@@H](C)C(=O)NC(=O)NC23CC4CC(CC(C4)C2)C3)C1. The van der Waals surface area contributed by atoms with Crippen molar-refractivity contribution in [3.8, 4) is 0 Å². The van der Waals surface area contributed by atoms with Gasteiger partial charge in [-0.3, -0.25) is 14.9 Å². The van der Waals surface area contributed by atoms with E-state index in [1.165, 1.54) is 19.3 Å². The normalized spacial score (nSPS) is 38.9. The molecule has 1 saturated heterocycles. The molecule has 1 unspecified atom stereocenters. The van der Waals surface area contributed by atoms with Gasteiger partial charge in [-0.15, -0.1) is 0 Å². The molecule has 1 heterocycles. The van der Waals surface area contributed by atoms with Crippen LogP contribution in [0.4, 0.5) is 4.79 Å². The average Bonchev–Trinajstić information content (AvgIpc) is 2.66. The van der Waals surface area contributed by atoms with E-state index in [1.807, 2.05) is 13.8 Å². The molecule has 5 aliphatic rings. The number of likely N-dealkylation sites (tertiary alicyclic amines) is 1. The van der Waals surface area contributed by atoms with Crippen LogP contribution in [0.5, 0.6) is 0 Å². The molecule has 4 bridgehead atoms. The van der Waals surface area contributed by atoms with E-state index in [4.69, 9.17) is 4.74 Å². The molecule has 4 aliphatic carbocycles. The van der Waals surface area contributed by atoms with Gasteiger partial charge >= 0.3 is 12.0 Å². The first-order valence-electron chi connectivity index (χ1n) is 11.5. The Balaban J connectivity index is 1.29. The summed E-state index contributed by atoms with van der Waals surface area (Å²) in [5.74, 6) is 1.65. The maximum Gasteiger partial charge on any atom is 0.322 e. The van der Waals surface area contributed by atoms with Gasteiger partial charge in [0.1, 0.15) is 5.92 Å². The predicted molar refractivity (Wildman–Crippen MR) is 107 cm³/mol. The summed E-state index contributed by atoms with van der Waals surface area (Å²) in [4.78, 5) is 38.5. The van der Waals surface area contributed by atoms with E-state index in [2.05, 4.69) is 10.6 Å². The van der Waals surface area contributed by atoms with Crippen LogP contribution >= 0.6 is 0 Å². The molecule has 0 aromatic rings. The summed E-state index contributed by atoms with van der Waals surface area (Å²) >= 11 is 0. The first-order valence-corrected chi connectivity index (χ1v) is 11.5. The summed E-state index contributed by atoms with van der Waals surface area (Å²) in [5.41, 5.74) is -0.102. The number of nitrogens with one attached hydrogen (secondary N) is 3. The Morgan fingerprint density at radius 1 is 1.10 bits per heavy atom. The van der Waals surface area contributed by atoms with E-state index in [1.54, 1.807) is 0 Å². The molecule has 3 amide bonds. The monoisotopic (exact) mass is 406 g/mol. The predicted octanol–water partition coefficient (Wildman–Crippen LogP) is 1.03. The third-order valence-corrected chi connectivity index (χ3v) is 7.84. The summed E-state index contributed by atoms with van der Waals surface area (Å²) < 4.78 is 5.15. The highest BCUT2D eigenvalue weighted by Crippen LogP contribution is 2.55. The lowest BCUT2D eigenvalue weighted by molar-refractivity contribution is -0.921. The van der Waals surface area contributed by atoms with Crippen molar-refractivity contribution in [2.45, 2.75) is 76.8 Å². The fraction of sp³-hybridized carbons (Fsp3) is 0.864. The second kappa shape index (κ2) is 8.25. The van der Waals surface area contributed by atoms with Crippen molar-refractivity contribution in [1.29, 1.82) is 0 Å². The van der Waals surface area contributed by atoms with Crippen molar-refractivity contribution in [3.63, 3.8) is 0 Å². The average molecular weight is 407 g/mol. The van der Waals surface area contributed by atoms with E-state index >= 15 is 0 Å². The quantitative estimate of drug-likeness (QED) is 0.595. The molecule has 7 nitrogen and oxygen atoms in total. The summed E-state index contributed by atoms with van der Waals surface area (Å²) in [5, 5.41) is 5.80. The number of hydrogen-bond donors (Lipinski definition) is 3. The summed E-state index contributed by atoms with van der Waals surface area (Å²) in [7, 11) is 0. The molecular formula is C22H36N3O4+. The van der Waals surface area contributed by atoms with Crippen molar-refractivity contribution in [2.75, 3.05) is 19.7 Å². The first kappa shape index (κ1) is 20.6. The number of esters is 1. The molecule has 5 rings (SSSR count). The van der Waals surface area contributed by atoms with Crippen molar-refractivity contribution in [1.82, 2.24) is 10.6 Å². The van der Waals surface area contributed by atoms with Gasteiger partial charge in [0.25, 0.3) is 5.91 Å². The molecule has 7 heteroatoms. The van der Waals surface area contributed by atoms with Crippen LogP contribution in [0.3, 0.4) is 0 Å². The number of carbonyl (C=O) groups is 3. The lowest BCUT2D eigenvalue weighted by atomic mass is 9.53. The van der Waals surface area contributed by atoms with Crippen molar-refractivity contribution in [2.24, 2.45) is 23.7 Å². The molecule has 1 aliphatic heterocycles. The number of ether oxygens (including phenoxy) is 1. The van der Waals surface area contributed by atoms with Gasteiger partial charge in [-0.25, -0.2) is 4.79 Å². The fourth-order valence-corrected chi connectivity index (χ4v) is 6.89. The number of urea groups is 1. The van der Waals surface area contributed by atoms with Gasteiger partial charge in [0.05, 0.1) is 19.7 Å². The van der Waals surface area contributed by atoms with E-state index in [0.717, 1.165) is 61.3 Å². The molecule has 3 atom stereocenters. The van der Waals surface area contributed by atoms with Gasteiger partial charge < -0.3 is 15.0 Å². The molecule has 0 aromatic carbocycles. The number of rotatable bonds is 5. The summed E-state index contributed by atoms with van der Waals surface area (Å²) in [6.07, 6.45) is 8.84. The number of imide groups is 1. The second-order valence-corrected chi connectivity index (χ2v) is 10.1. The Labute approximate surface area is 173 Å². The van der Waals surface area contributed by atoms with Gasteiger partial charge in [-0.05, 0) is 83.0 Å². The zero-order valence-corrected chi connectivity index (χ0v) is 17.8. The van der Waals surface area contributed by atoms with Crippen molar-refractivity contribution < 1.29 is 24.0 Å². The smallest absolute Gasteiger partial charge is 0.322 e. The molecule has 29 heavy (non-hydrogen) atoms. The molecule has 0 radical (unpaired) electrons. The largest absolute Gasteiger partial charge is 0.466 e. The molecule has 162 valence electrons. The molecule has 3 N–H and O–H groups in total. The van der Waals surface area contributed by atoms with Crippen LogP contribution < -0.4 is 15.5 Å². The topological polar surface area (TPSA) is 88.9 Å². The third-order valence-electron chi connectivity index (χ3n) is 7.84. The first-order chi connectivity index (χ1) is 13.9. The Morgan fingerprint density at radius 3 is 2.31 bits per heavy atom. The van der Waals surface area contributed by atoms with Gasteiger partial charge in [0.2, 0.25) is 0 Å². The Kier molecular flexibility index (Phi) is 5.87. The van der Waals surface area contributed by atoms with E-state index in [-0.39, 0.29) is 35.4 Å². The summed E-state index contributed by atoms with van der Waals surface area (Å²) in [6, 6.07) is -0.712. The van der Waals surface area contributed by atoms with Crippen LogP contribution in [-0.4, -0.2) is 49.2 Å². The minimum atomic E-state index is -0.366. The van der Waals surface area contributed by atoms with E-state index < -0.39 is 0 Å². The molecule has 5 fully saturated rings. The van der Waals surface area contributed by atoms with E-state index in [0.29, 0.717) is 13.2 Å². The number of carbonyl (C=O) groups excluding carboxylic acids is 3. The van der Waals surface area contributed by atoms with Gasteiger partial charge in [-0.1, -0.05) is 0 Å². The van der Waals surface area contributed by atoms with Crippen LogP contribution in [0, 0.1) is 23.7 Å². The number of hydrogen-bond acceptors (Lipinski definition) is 4. The van der Waals surface area contributed by atoms with Crippen LogP contribution in [0.15, 0.2) is 0 Å². The zero-order chi connectivity index (χ0) is 20.6. The fourth-order valence-electron chi connectivity index (χ4n) is 6.89. The maximum atomic E-state index is 12.7. The molecule has 4 saturated carbocycles. The Morgan fingerprint density at radius 2 is 1.72 bits per heavy atom. The van der Waals surface area contributed by atoms with Gasteiger partial charge in [0.15, 0.2) is 6.04 Å². The van der Waals surface area contributed by atoms with Crippen molar-refractivity contribution >= 4 is 17.9 Å². The maximum absolute atomic E-state index is 12.7. The van der Waals surface area contributed by atoms with E-state index in [9.17, 15) is 14.4 Å². The standard InChI is InChI=1S/C22H35N3O4/c1-3-29-20(27)18-5-4-6-25(13-18)14(2)19(26)23-21(28)24-22-10-15-7-16(11-22)9-17(8-15)12-22/h14-18H,3-13H2,1-2H3,(H2,23,24,26,28)/p+1/t14-,15?,16?,17?,18-,22?/m0/s1. The Bertz CT molecular complexity index is 629. The van der Waals surface area contributed by atoms with Crippen LogP contribution in [0.1, 0.15) is 65.2 Å². The van der Waals surface area contributed by atoms with Gasteiger partial charge in [0, 0.05) is 5.54 Å². The highest BCUT2D eigenvalue weighted by atomic mass is 16.5. The second-order valence-electron chi connectivity index (χ2n) is 10.1. The highest BCUT2D eigenvalue weighted by molar-refractivity contribution is 5.96. The number of quaternary nitrogens is 1. The van der Waals surface area contributed by atoms with Crippen LogP contribution in [0.25, 0.3) is 0 Å². The lowest BCUT2D eigenvalue weighted by Gasteiger charge is -2.56. The minimum absolute atomic E-state index is 0.102. The number of amides is 3. The molecular weight excluding hydrogens is 370 g/mol.